The molecular formula is C29H46NSiTi. The molecule has 3 heteroatoms. The van der Waals surface area contributed by atoms with Crippen molar-refractivity contribution in [1.29, 1.82) is 0 Å². The zero-order valence-electron chi connectivity index (χ0n) is 22.0. The standard InChI is InChI=1S/C21H21.C4H10N.4CH3.H3Si.Ti/c1-2-3-10-19-15-16-20(17-11-6-4-7-12-17)21(19)18-13-8-5-9-14-18;1-4(2,3)5;;;;;;/h4-9,11-16H,2-3,10H2,1H3;5H,1-3H3;5*1H3;/q;-1;;;;;;+1. The maximum absolute atomic E-state index is 4.38. The third-order valence-electron chi connectivity index (χ3n) is 7.00. The second-order valence-electron chi connectivity index (χ2n) is 16.0. The Morgan fingerprint density at radius 3 is 1.81 bits per heavy atom. The Morgan fingerprint density at radius 2 is 1.34 bits per heavy atom. The van der Waals surface area contributed by atoms with E-state index in [4.69, 9.17) is 0 Å². The Morgan fingerprint density at radius 1 is 0.844 bits per heavy atom. The van der Waals surface area contributed by atoms with Gasteiger partial charge in [-0.2, -0.15) is 0 Å². The van der Waals surface area contributed by atoms with Crippen LogP contribution in [0.5, 0.6) is 0 Å². The molecule has 0 spiro atoms. The van der Waals surface area contributed by atoms with Crippen molar-refractivity contribution in [2.45, 2.75) is 77.6 Å². The Kier molecular flexibility index (Phi) is 5.69. The van der Waals surface area contributed by atoms with Crippen LogP contribution in [0.15, 0.2) is 72.3 Å². The zero-order chi connectivity index (χ0) is 23.9. The fraction of sp³-hybridized carbons (Fsp3) is 0.448. The molecule has 0 saturated heterocycles. The summed E-state index contributed by atoms with van der Waals surface area (Å²) in [5.74, 6) is 0. The van der Waals surface area contributed by atoms with Crippen LogP contribution in [-0.2, 0) is 12.3 Å². The number of allylic oxidation sites excluding steroid dienone is 4. The number of rotatable bonds is 7. The van der Waals surface area contributed by atoms with E-state index < -0.39 is 12.3 Å². The fourth-order valence-electron chi connectivity index (χ4n) is 6.58. The van der Waals surface area contributed by atoms with Gasteiger partial charge in [0.15, 0.2) is 0 Å². The maximum atomic E-state index is 4.38. The van der Waals surface area contributed by atoms with Crippen molar-refractivity contribution in [2.75, 3.05) is 0 Å². The summed E-state index contributed by atoms with van der Waals surface area (Å²) in [4.78, 5) is 0. The Hall–Kier alpha value is -1.19. The van der Waals surface area contributed by atoms with Crippen LogP contribution in [0.4, 0.5) is 0 Å². The van der Waals surface area contributed by atoms with Gasteiger partial charge in [0.1, 0.15) is 0 Å². The molecule has 0 radical (unpaired) electrons. The topological polar surface area (TPSA) is 12.0 Å². The van der Waals surface area contributed by atoms with E-state index in [2.05, 4.69) is 119 Å². The quantitative estimate of drug-likeness (QED) is 0.392. The Bertz CT molecular complexity index is 1060. The molecule has 0 fully saturated rings. The Balaban J connectivity index is 2.41. The van der Waals surface area contributed by atoms with Crippen molar-refractivity contribution in [3.05, 3.63) is 83.4 Å². The second kappa shape index (κ2) is 7.15. The summed E-state index contributed by atoms with van der Waals surface area (Å²) in [5.41, 5.74) is 7.37. The first kappa shape index (κ1) is 25.4. The van der Waals surface area contributed by atoms with Crippen molar-refractivity contribution < 1.29 is 12.3 Å². The van der Waals surface area contributed by atoms with Crippen LogP contribution in [0.3, 0.4) is 0 Å². The monoisotopic (exact) mass is 484 g/mol. The first-order chi connectivity index (χ1) is 14.5. The van der Waals surface area contributed by atoms with Gasteiger partial charge in [0.2, 0.25) is 0 Å². The molecule has 32 heavy (non-hydrogen) atoms. The molecule has 175 valence electrons. The third kappa shape index (κ3) is 5.47. The molecule has 1 aliphatic carbocycles. The summed E-state index contributed by atoms with van der Waals surface area (Å²) in [6, 6.07) is 22.3. The van der Waals surface area contributed by atoms with Gasteiger partial charge in [-0.15, -0.1) is 0 Å². The predicted octanol–water partition coefficient (Wildman–Crippen LogP) is 8.05. The van der Waals surface area contributed by atoms with E-state index in [1.165, 1.54) is 29.5 Å². The molecule has 0 amide bonds. The summed E-state index contributed by atoms with van der Waals surface area (Å²) in [7, 11) is 1.13. The van der Waals surface area contributed by atoms with Gasteiger partial charge < -0.3 is 0 Å². The van der Waals surface area contributed by atoms with E-state index in [-0.39, 0.29) is 5.54 Å². The predicted molar refractivity (Wildman–Crippen MR) is 147 cm³/mol. The van der Waals surface area contributed by atoms with Crippen molar-refractivity contribution in [1.82, 2.24) is 3.80 Å². The summed E-state index contributed by atoms with van der Waals surface area (Å²) >= 11 is -4.21. The number of nitrogens with one attached hydrogen (secondary N) is 1. The van der Waals surface area contributed by atoms with Crippen LogP contribution in [0, 0.1) is 0 Å². The normalized spacial score (nSPS) is 20.9. The molecule has 2 aromatic carbocycles. The summed E-state index contributed by atoms with van der Waals surface area (Å²) in [6.45, 7) is 9.33. The third-order valence-corrected chi connectivity index (χ3v) is 20.0. The van der Waals surface area contributed by atoms with E-state index in [9.17, 15) is 0 Å². The van der Waals surface area contributed by atoms with Gasteiger partial charge in [-0.1, -0.05) is 0 Å². The Labute approximate surface area is 195 Å². The molecule has 0 aliphatic heterocycles. The van der Waals surface area contributed by atoms with Crippen LogP contribution < -0.4 is 3.80 Å². The number of benzene rings is 2. The van der Waals surface area contributed by atoms with E-state index >= 15 is 0 Å². The minimum atomic E-state index is -4.21. The van der Waals surface area contributed by atoms with Crippen LogP contribution in [0.2, 0.25) is 25.1 Å². The van der Waals surface area contributed by atoms with Crippen molar-refractivity contribution >= 4 is 19.3 Å². The number of hydrogen-bond acceptors (Lipinski definition) is 1. The summed E-state index contributed by atoms with van der Waals surface area (Å²) in [6.07, 6.45) is 6.30. The van der Waals surface area contributed by atoms with Crippen LogP contribution in [0.25, 0.3) is 11.1 Å². The molecule has 0 aromatic heterocycles. The van der Waals surface area contributed by atoms with E-state index in [1.807, 2.05) is 0 Å². The van der Waals surface area contributed by atoms with Gasteiger partial charge in [-0.25, -0.2) is 0 Å². The van der Waals surface area contributed by atoms with Crippen molar-refractivity contribution in [3.8, 4) is 0 Å². The SMILES string of the molecule is CCCCC1=C[CH]([Ti]([CH3])([CH3])([CH3])([CH3])([SiH3])[NH]C(C)(C)C)C(c2ccccc2)=C1c1ccccc1. The van der Waals surface area contributed by atoms with E-state index in [1.54, 1.807) is 11.1 Å². The van der Waals surface area contributed by atoms with Crippen molar-refractivity contribution in [2.24, 2.45) is 0 Å². The average molecular weight is 485 g/mol. The zero-order valence-corrected chi connectivity index (χ0v) is 25.6. The summed E-state index contributed by atoms with van der Waals surface area (Å²) in [5, 5.41) is 10.6. The molecule has 0 saturated carbocycles. The molecule has 1 atom stereocenters. The van der Waals surface area contributed by atoms with Gasteiger partial charge >= 0.3 is 196 Å². The van der Waals surface area contributed by atoms with Crippen LogP contribution >= 0.6 is 0 Å². The van der Waals surface area contributed by atoms with Crippen LogP contribution in [-0.4, -0.2) is 13.6 Å². The second-order valence-corrected chi connectivity index (χ2v) is 62.8. The first-order valence-electron chi connectivity index (χ1n) is 12.6. The first-order valence-corrected chi connectivity index (χ1v) is 26.2. The number of unbranched alkanes of at least 4 members (excludes halogenated alkanes) is 1. The molecule has 1 nitrogen and oxygen atoms in total. The van der Waals surface area contributed by atoms with E-state index in [0.717, 1.165) is 14.5 Å². The van der Waals surface area contributed by atoms with E-state index in [0.29, 0.717) is 4.22 Å². The summed E-state index contributed by atoms with van der Waals surface area (Å²) < 4.78 is 4.78. The molecule has 1 N–H and O–H groups in total. The number of hydrogen-bond donors (Lipinski definition) is 1. The molecule has 1 unspecified atom stereocenters. The molecule has 0 heterocycles. The van der Waals surface area contributed by atoms with Gasteiger partial charge in [-0.05, 0) is 0 Å². The van der Waals surface area contributed by atoms with Gasteiger partial charge in [0, 0.05) is 0 Å². The van der Waals surface area contributed by atoms with Gasteiger partial charge in [-0.3, -0.25) is 0 Å². The molecule has 3 rings (SSSR count). The van der Waals surface area contributed by atoms with Gasteiger partial charge in [0.05, 0.1) is 0 Å². The van der Waals surface area contributed by atoms with Gasteiger partial charge in [0.25, 0.3) is 0 Å². The molecule has 1 aliphatic rings. The molecule has 2 aromatic rings. The fourth-order valence-corrected chi connectivity index (χ4v) is 23.0. The van der Waals surface area contributed by atoms with Crippen LogP contribution in [0.1, 0.15) is 58.1 Å². The van der Waals surface area contributed by atoms with Crippen molar-refractivity contribution in [3.63, 3.8) is 0 Å². The minimum absolute atomic E-state index is 0.0550. The molecular weight excluding hydrogens is 438 g/mol. The molecule has 0 bridgehead atoms. The average Bonchev–Trinajstić information content (AvgIpc) is 3.06.